The van der Waals surface area contributed by atoms with E-state index < -0.39 is 0 Å². The Morgan fingerprint density at radius 2 is 1.94 bits per heavy atom. The molecule has 3 heteroatoms. The average Bonchev–Trinajstić information content (AvgIpc) is 2.31. The van der Waals surface area contributed by atoms with Crippen molar-refractivity contribution in [3.8, 4) is 0 Å². The zero-order valence-corrected chi connectivity index (χ0v) is 11.3. The number of hydrogen-bond donors (Lipinski definition) is 1. The molecule has 94 valence electrons. The molecule has 0 aliphatic rings. The van der Waals surface area contributed by atoms with Gasteiger partial charge in [-0.3, -0.25) is 0 Å². The first-order chi connectivity index (χ1) is 8.56. The predicted octanol–water partition coefficient (Wildman–Crippen LogP) is 4.31. The molecule has 0 saturated carbocycles. The zero-order valence-electron chi connectivity index (χ0n) is 10.5. The second-order valence-electron chi connectivity index (χ2n) is 4.40. The summed E-state index contributed by atoms with van der Waals surface area (Å²) in [5, 5.41) is 0. The van der Waals surface area contributed by atoms with Crippen LogP contribution in [0.1, 0.15) is 24.1 Å². The Labute approximate surface area is 111 Å². The minimum absolute atomic E-state index is 0.141. The van der Waals surface area contributed by atoms with Crippen molar-refractivity contribution in [1.82, 2.24) is 0 Å². The van der Waals surface area contributed by atoms with E-state index >= 15 is 0 Å². The Morgan fingerprint density at radius 3 is 2.56 bits per heavy atom. The minimum atomic E-state index is -0.212. The second-order valence-corrected chi connectivity index (χ2v) is 5.51. The summed E-state index contributed by atoms with van der Waals surface area (Å²) in [7, 11) is 0. The molecule has 0 radical (unpaired) electrons. The van der Waals surface area contributed by atoms with Gasteiger partial charge < -0.3 is 5.73 Å². The molecule has 0 unspecified atom stereocenters. The summed E-state index contributed by atoms with van der Waals surface area (Å²) in [4.78, 5) is 1.67. The first-order valence-electron chi connectivity index (χ1n) is 5.86. The van der Waals surface area contributed by atoms with Crippen molar-refractivity contribution in [3.05, 3.63) is 59.4 Å². The van der Waals surface area contributed by atoms with Gasteiger partial charge in [0.05, 0.1) is 0 Å². The van der Waals surface area contributed by atoms with E-state index in [1.165, 1.54) is 23.4 Å². The lowest BCUT2D eigenvalue weighted by Crippen LogP contribution is -2.05. The molecule has 0 amide bonds. The van der Waals surface area contributed by atoms with E-state index in [1.807, 2.05) is 44.2 Å². The number of nitrogens with two attached hydrogens (primary N) is 1. The molecule has 2 aromatic rings. The maximum atomic E-state index is 13.9. The Hall–Kier alpha value is -1.32. The Balaban J connectivity index is 2.24. The Kier molecular flexibility index (Phi) is 4.04. The van der Waals surface area contributed by atoms with Gasteiger partial charge in [-0.15, -0.1) is 0 Å². The van der Waals surface area contributed by atoms with E-state index in [-0.39, 0.29) is 11.9 Å². The summed E-state index contributed by atoms with van der Waals surface area (Å²) in [5.74, 6) is -0.212. The molecule has 1 nitrogen and oxygen atoms in total. The summed E-state index contributed by atoms with van der Waals surface area (Å²) in [6.07, 6.45) is 0. The van der Waals surface area contributed by atoms with Gasteiger partial charge in [0, 0.05) is 15.8 Å². The molecule has 0 aromatic heterocycles. The van der Waals surface area contributed by atoms with Gasteiger partial charge in [-0.1, -0.05) is 35.5 Å². The minimum Gasteiger partial charge on any atom is -0.324 e. The van der Waals surface area contributed by atoms with Crippen molar-refractivity contribution < 1.29 is 4.39 Å². The van der Waals surface area contributed by atoms with Crippen LogP contribution in [-0.4, -0.2) is 0 Å². The van der Waals surface area contributed by atoms with Crippen LogP contribution in [0.2, 0.25) is 0 Å². The average molecular weight is 261 g/mol. The number of halogens is 1. The third kappa shape index (κ3) is 3.12. The predicted molar refractivity (Wildman–Crippen MR) is 74.3 cm³/mol. The molecule has 0 spiro atoms. The van der Waals surface area contributed by atoms with Gasteiger partial charge in [-0.2, -0.15) is 0 Å². The number of benzene rings is 2. The Morgan fingerprint density at radius 1 is 1.17 bits per heavy atom. The summed E-state index contributed by atoms with van der Waals surface area (Å²) in [5.41, 5.74) is 7.73. The highest BCUT2D eigenvalue weighted by atomic mass is 32.2. The van der Waals surface area contributed by atoms with Gasteiger partial charge in [-0.05, 0) is 43.7 Å². The largest absolute Gasteiger partial charge is 0.324 e. The quantitative estimate of drug-likeness (QED) is 0.891. The van der Waals surface area contributed by atoms with E-state index in [2.05, 4.69) is 0 Å². The topological polar surface area (TPSA) is 26.0 Å². The fourth-order valence-electron chi connectivity index (χ4n) is 1.69. The first kappa shape index (κ1) is 13.1. The number of aryl methyl sites for hydroxylation is 1. The highest BCUT2D eigenvalue weighted by Gasteiger charge is 2.07. The third-order valence-electron chi connectivity index (χ3n) is 2.70. The lowest BCUT2D eigenvalue weighted by atomic mass is 10.1. The third-order valence-corrected chi connectivity index (χ3v) is 3.74. The maximum Gasteiger partial charge on any atom is 0.137 e. The molecule has 0 aliphatic heterocycles. The van der Waals surface area contributed by atoms with Crippen LogP contribution in [0.3, 0.4) is 0 Å². The zero-order chi connectivity index (χ0) is 13.1. The Bertz CT molecular complexity index is 552. The SMILES string of the molecule is Cc1cccc(Sc2ccc([C@H](C)N)cc2F)c1. The smallest absolute Gasteiger partial charge is 0.137 e. The standard InChI is InChI=1S/C15H16FNS/c1-10-4-3-5-13(8-10)18-15-7-6-12(11(2)17)9-14(15)16/h3-9,11H,17H2,1-2H3/t11-/m0/s1. The fourth-order valence-corrected chi connectivity index (χ4v) is 2.63. The summed E-state index contributed by atoms with van der Waals surface area (Å²) in [6, 6.07) is 13.1. The fraction of sp³-hybridized carbons (Fsp3) is 0.200. The van der Waals surface area contributed by atoms with Crippen molar-refractivity contribution in [1.29, 1.82) is 0 Å². The molecule has 1 atom stereocenters. The van der Waals surface area contributed by atoms with Gasteiger partial charge in [0.15, 0.2) is 0 Å². The lowest BCUT2D eigenvalue weighted by molar-refractivity contribution is 0.596. The van der Waals surface area contributed by atoms with Gasteiger partial charge in [0.2, 0.25) is 0 Å². The van der Waals surface area contributed by atoms with Crippen LogP contribution in [0.15, 0.2) is 52.3 Å². The molecule has 0 heterocycles. The molecule has 0 bridgehead atoms. The van der Waals surface area contributed by atoms with Gasteiger partial charge in [0.25, 0.3) is 0 Å². The molecule has 0 aliphatic carbocycles. The molecule has 0 saturated heterocycles. The van der Waals surface area contributed by atoms with E-state index in [4.69, 9.17) is 5.73 Å². The monoisotopic (exact) mass is 261 g/mol. The molecule has 2 N–H and O–H groups in total. The summed E-state index contributed by atoms with van der Waals surface area (Å²) >= 11 is 1.43. The molecule has 18 heavy (non-hydrogen) atoms. The van der Waals surface area contributed by atoms with Crippen LogP contribution in [-0.2, 0) is 0 Å². The van der Waals surface area contributed by atoms with E-state index in [0.29, 0.717) is 4.90 Å². The van der Waals surface area contributed by atoms with Crippen molar-refractivity contribution >= 4 is 11.8 Å². The lowest BCUT2D eigenvalue weighted by Gasteiger charge is -2.08. The van der Waals surface area contributed by atoms with E-state index in [0.717, 1.165) is 10.5 Å². The highest BCUT2D eigenvalue weighted by Crippen LogP contribution is 2.31. The number of hydrogen-bond acceptors (Lipinski definition) is 2. The van der Waals surface area contributed by atoms with Gasteiger partial charge in [-0.25, -0.2) is 4.39 Å². The maximum absolute atomic E-state index is 13.9. The van der Waals surface area contributed by atoms with Gasteiger partial charge >= 0.3 is 0 Å². The molecule has 0 fully saturated rings. The summed E-state index contributed by atoms with van der Waals surface area (Å²) in [6.45, 7) is 3.88. The first-order valence-corrected chi connectivity index (χ1v) is 6.67. The molecular formula is C15H16FNS. The molecule has 2 aromatic carbocycles. The van der Waals surface area contributed by atoms with Crippen LogP contribution >= 0.6 is 11.8 Å². The van der Waals surface area contributed by atoms with Crippen molar-refractivity contribution in [2.75, 3.05) is 0 Å². The van der Waals surface area contributed by atoms with Crippen LogP contribution in [0.4, 0.5) is 4.39 Å². The van der Waals surface area contributed by atoms with Crippen LogP contribution in [0.25, 0.3) is 0 Å². The van der Waals surface area contributed by atoms with Crippen LogP contribution < -0.4 is 5.73 Å². The van der Waals surface area contributed by atoms with Crippen LogP contribution in [0.5, 0.6) is 0 Å². The van der Waals surface area contributed by atoms with Crippen molar-refractivity contribution in [2.45, 2.75) is 29.7 Å². The van der Waals surface area contributed by atoms with Crippen LogP contribution in [0, 0.1) is 12.7 Å². The van der Waals surface area contributed by atoms with Crippen molar-refractivity contribution in [2.24, 2.45) is 5.73 Å². The second kappa shape index (κ2) is 5.55. The highest BCUT2D eigenvalue weighted by molar-refractivity contribution is 7.99. The number of rotatable bonds is 3. The summed E-state index contributed by atoms with van der Waals surface area (Å²) < 4.78 is 13.9. The van der Waals surface area contributed by atoms with E-state index in [1.54, 1.807) is 6.07 Å². The van der Waals surface area contributed by atoms with Gasteiger partial charge in [0.1, 0.15) is 5.82 Å². The van der Waals surface area contributed by atoms with E-state index in [9.17, 15) is 4.39 Å². The molecule has 2 rings (SSSR count). The molecular weight excluding hydrogens is 245 g/mol. The normalized spacial score (nSPS) is 12.4. The van der Waals surface area contributed by atoms with Crippen molar-refractivity contribution in [3.63, 3.8) is 0 Å².